The third kappa shape index (κ3) is 4.03. The van der Waals surface area contributed by atoms with Gasteiger partial charge in [0.15, 0.2) is 0 Å². The van der Waals surface area contributed by atoms with Gasteiger partial charge in [-0.3, -0.25) is 0 Å². The molecule has 3 heteroatoms. The normalized spacial score (nSPS) is 13.3. The molecule has 0 N–H and O–H groups in total. The molecule has 0 aliphatic carbocycles. The largest absolute Gasteiger partial charge is 0.303 e. The summed E-state index contributed by atoms with van der Waals surface area (Å²) in [5.74, 6) is 1.13. The molecule has 1 aliphatic rings. The Morgan fingerprint density at radius 3 is 2.39 bits per heavy atom. The summed E-state index contributed by atoms with van der Waals surface area (Å²) in [6.45, 7) is 7.88. The summed E-state index contributed by atoms with van der Waals surface area (Å²) in [6.07, 6.45) is 2.36. The lowest BCUT2D eigenvalue weighted by atomic mass is 10.1. The third-order valence-corrected chi connectivity index (χ3v) is 6.34. The van der Waals surface area contributed by atoms with E-state index in [-0.39, 0.29) is 0 Å². The highest BCUT2D eigenvalue weighted by atomic mass is 32.2. The summed E-state index contributed by atoms with van der Waals surface area (Å²) >= 11 is 3.86. The molecule has 0 bridgehead atoms. The van der Waals surface area contributed by atoms with Gasteiger partial charge >= 0.3 is 0 Å². The van der Waals surface area contributed by atoms with Crippen LogP contribution in [0.1, 0.15) is 25.0 Å². The second-order valence-corrected chi connectivity index (χ2v) is 7.74. The van der Waals surface area contributed by atoms with E-state index >= 15 is 0 Å². The van der Waals surface area contributed by atoms with E-state index in [1.54, 1.807) is 0 Å². The number of hydrogen-bond donors (Lipinski definition) is 0. The number of thioether (sulfide) groups is 1. The fourth-order valence-corrected chi connectivity index (χ4v) is 4.97. The zero-order valence-electron chi connectivity index (χ0n) is 13.8. The van der Waals surface area contributed by atoms with Crippen molar-refractivity contribution < 1.29 is 0 Å². The summed E-state index contributed by atoms with van der Waals surface area (Å²) in [5.41, 5.74) is 2.71. The maximum Gasteiger partial charge on any atom is 0.0206 e. The molecule has 120 valence electrons. The monoisotopic (exact) mass is 341 g/mol. The highest BCUT2D eigenvalue weighted by Gasteiger charge is 2.15. The maximum atomic E-state index is 2.48. The predicted octanol–water partition coefficient (Wildman–Crippen LogP) is 5.72. The van der Waals surface area contributed by atoms with Crippen molar-refractivity contribution in [3.05, 3.63) is 59.7 Å². The highest BCUT2D eigenvalue weighted by molar-refractivity contribution is 8.08. The average molecular weight is 342 g/mol. The minimum Gasteiger partial charge on any atom is -0.303 e. The van der Waals surface area contributed by atoms with Gasteiger partial charge < -0.3 is 4.90 Å². The van der Waals surface area contributed by atoms with Gasteiger partial charge in [0.1, 0.15) is 0 Å². The summed E-state index contributed by atoms with van der Waals surface area (Å²) in [7, 11) is 0. The number of nitrogens with zero attached hydrogens (tertiary/aromatic N) is 1. The Balaban J connectivity index is 1.86. The molecule has 0 saturated carbocycles. The van der Waals surface area contributed by atoms with Crippen molar-refractivity contribution >= 4 is 34.5 Å². The lowest BCUT2D eigenvalue weighted by molar-refractivity contribution is 0.324. The van der Waals surface area contributed by atoms with E-state index in [4.69, 9.17) is 0 Å². The lowest BCUT2D eigenvalue weighted by Crippen LogP contribution is -2.25. The molecule has 0 fully saturated rings. The SMILES string of the molecule is CCN(CC)CCSC1=Cc2ccccc2Sc2ccccc21. The minimum atomic E-state index is 1.13. The van der Waals surface area contributed by atoms with Crippen LogP contribution in [0.4, 0.5) is 0 Å². The first-order valence-corrected chi connectivity index (χ1v) is 10.0. The quantitative estimate of drug-likeness (QED) is 0.661. The fraction of sp³-hybridized carbons (Fsp3) is 0.300. The number of hydrogen-bond acceptors (Lipinski definition) is 3. The first kappa shape index (κ1) is 16.7. The van der Waals surface area contributed by atoms with Crippen LogP contribution in [0.5, 0.6) is 0 Å². The predicted molar refractivity (Wildman–Crippen MR) is 105 cm³/mol. The Kier molecular flexibility index (Phi) is 5.87. The molecule has 0 aromatic heterocycles. The minimum absolute atomic E-state index is 1.13. The first-order chi connectivity index (χ1) is 11.3. The van der Waals surface area contributed by atoms with Gasteiger partial charge in [-0.05, 0) is 36.9 Å². The van der Waals surface area contributed by atoms with E-state index in [0.717, 1.165) is 25.4 Å². The number of fused-ring (bicyclic) bond motifs is 2. The molecule has 0 radical (unpaired) electrons. The van der Waals surface area contributed by atoms with Crippen molar-refractivity contribution in [1.82, 2.24) is 4.90 Å². The van der Waals surface area contributed by atoms with Crippen LogP contribution in [0.2, 0.25) is 0 Å². The molecule has 0 saturated heterocycles. The van der Waals surface area contributed by atoms with E-state index in [9.17, 15) is 0 Å². The van der Waals surface area contributed by atoms with Crippen LogP contribution >= 0.6 is 23.5 Å². The van der Waals surface area contributed by atoms with Crippen molar-refractivity contribution in [3.63, 3.8) is 0 Å². The topological polar surface area (TPSA) is 3.24 Å². The third-order valence-electron chi connectivity index (χ3n) is 4.14. The summed E-state index contributed by atoms with van der Waals surface area (Å²) < 4.78 is 0. The molecule has 1 nitrogen and oxygen atoms in total. The van der Waals surface area contributed by atoms with Gasteiger partial charge in [-0.15, -0.1) is 11.8 Å². The van der Waals surface area contributed by atoms with E-state index in [1.807, 2.05) is 23.5 Å². The molecule has 3 rings (SSSR count). The van der Waals surface area contributed by atoms with Crippen LogP contribution < -0.4 is 0 Å². The Morgan fingerprint density at radius 2 is 1.61 bits per heavy atom. The Hall–Kier alpha value is -1.16. The highest BCUT2D eigenvalue weighted by Crippen LogP contribution is 2.43. The molecule has 0 amide bonds. The fourth-order valence-electron chi connectivity index (χ4n) is 2.73. The van der Waals surface area contributed by atoms with Crippen LogP contribution in [0.15, 0.2) is 58.3 Å². The molecule has 1 heterocycles. The van der Waals surface area contributed by atoms with Crippen molar-refractivity contribution in [3.8, 4) is 0 Å². The first-order valence-electron chi connectivity index (χ1n) is 8.25. The van der Waals surface area contributed by atoms with Crippen molar-refractivity contribution in [2.75, 3.05) is 25.4 Å². The van der Waals surface area contributed by atoms with Crippen molar-refractivity contribution in [2.24, 2.45) is 0 Å². The second-order valence-electron chi connectivity index (χ2n) is 5.52. The smallest absolute Gasteiger partial charge is 0.0206 e. The number of rotatable bonds is 6. The summed E-state index contributed by atoms with van der Waals surface area (Å²) in [5, 5.41) is 0. The van der Waals surface area contributed by atoms with E-state index in [1.165, 1.54) is 25.8 Å². The molecular weight excluding hydrogens is 318 g/mol. The van der Waals surface area contributed by atoms with E-state index in [0.29, 0.717) is 0 Å². The van der Waals surface area contributed by atoms with Crippen LogP contribution in [-0.2, 0) is 0 Å². The molecule has 23 heavy (non-hydrogen) atoms. The molecule has 1 aliphatic heterocycles. The van der Waals surface area contributed by atoms with Crippen molar-refractivity contribution in [1.29, 1.82) is 0 Å². The Bertz CT molecular complexity index is 690. The van der Waals surface area contributed by atoms with Gasteiger partial charge in [0.25, 0.3) is 0 Å². The standard InChI is InChI=1S/C20H23NS2/c1-3-21(4-2)13-14-22-20-15-16-9-5-7-11-18(16)23-19-12-8-6-10-17(19)20/h5-12,15H,3-4,13-14H2,1-2H3. The molecular formula is C20H23NS2. The molecule has 0 unspecified atom stereocenters. The summed E-state index contributed by atoms with van der Waals surface area (Å²) in [6, 6.07) is 17.5. The summed E-state index contributed by atoms with van der Waals surface area (Å²) in [4.78, 5) is 6.59. The maximum absolute atomic E-state index is 2.48. The van der Waals surface area contributed by atoms with Crippen LogP contribution in [0.3, 0.4) is 0 Å². The van der Waals surface area contributed by atoms with Gasteiger partial charge in [-0.25, -0.2) is 0 Å². The van der Waals surface area contributed by atoms with E-state index < -0.39 is 0 Å². The molecule has 2 aromatic rings. The van der Waals surface area contributed by atoms with Gasteiger partial charge in [-0.2, -0.15) is 0 Å². The molecule has 0 atom stereocenters. The van der Waals surface area contributed by atoms with Gasteiger partial charge in [0, 0.05) is 32.6 Å². The van der Waals surface area contributed by atoms with Gasteiger partial charge in [0.05, 0.1) is 0 Å². The van der Waals surface area contributed by atoms with E-state index in [2.05, 4.69) is 73.4 Å². The number of benzene rings is 2. The Labute approximate surface area is 148 Å². The lowest BCUT2D eigenvalue weighted by Gasteiger charge is -2.18. The van der Waals surface area contributed by atoms with Gasteiger partial charge in [-0.1, -0.05) is 62.0 Å². The van der Waals surface area contributed by atoms with Crippen molar-refractivity contribution in [2.45, 2.75) is 23.6 Å². The zero-order chi connectivity index (χ0) is 16.1. The Morgan fingerprint density at radius 1 is 0.913 bits per heavy atom. The molecule has 0 spiro atoms. The average Bonchev–Trinajstić information content (AvgIpc) is 2.75. The van der Waals surface area contributed by atoms with Crippen LogP contribution in [0, 0.1) is 0 Å². The van der Waals surface area contributed by atoms with Gasteiger partial charge in [0.2, 0.25) is 0 Å². The molecule has 2 aromatic carbocycles. The van der Waals surface area contributed by atoms with Crippen LogP contribution in [0.25, 0.3) is 11.0 Å². The van der Waals surface area contributed by atoms with Crippen LogP contribution in [-0.4, -0.2) is 30.3 Å². The zero-order valence-corrected chi connectivity index (χ0v) is 15.4. The second kappa shape index (κ2) is 8.09.